The number of aliphatic hydroxyl groups excluding tert-OH is 2. The van der Waals surface area contributed by atoms with Crippen LogP contribution >= 0.6 is 0 Å². The summed E-state index contributed by atoms with van der Waals surface area (Å²) in [6.07, 6.45) is -10.4. The van der Waals surface area contributed by atoms with E-state index in [-0.39, 0.29) is 51.7 Å². The summed E-state index contributed by atoms with van der Waals surface area (Å²) in [5, 5.41) is 17.4. The van der Waals surface area contributed by atoms with Gasteiger partial charge in [0.25, 0.3) is 0 Å². The van der Waals surface area contributed by atoms with Crippen molar-refractivity contribution >= 4 is 0 Å². The van der Waals surface area contributed by atoms with E-state index in [2.05, 4.69) is 0 Å². The van der Waals surface area contributed by atoms with Gasteiger partial charge in [0, 0.05) is 26.1 Å². The number of rotatable bonds is 11. The Hall–Kier alpha value is -0.500. The second-order valence-corrected chi connectivity index (χ2v) is 5.60. The van der Waals surface area contributed by atoms with Gasteiger partial charge in [-0.3, -0.25) is 0 Å². The zero-order valence-electron chi connectivity index (χ0n) is 12.4. The van der Waals surface area contributed by atoms with Crippen LogP contribution in [0.15, 0.2) is 0 Å². The lowest BCUT2D eigenvalue weighted by molar-refractivity contribution is -0.169. The highest BCUT2D eigenvalue weighted by molar-refractivity contribution is 4.76. The molecular formula is C14H24F6O2. The van der Waals surface area contributed by atoms with E-state index in [1.54, 1.807) is 0 Å². The predicted molar refractivity (Wildman–Crippen MR) is 70.2 cm³/mol. The molecule has 0 bridgehead atoms. The molecule has 0 heterocycles. The summed E-state index contributed by atoms with van der Waals surface area (Å²) in [6, 6.07) is 0. The third kappa shape index (κ3) is 12.1. The molecule has 0 radical (unpaired) electrons. The summed E-state index contributed by atoms with van der Waals surface area (Å²) >= 11 is 0. The first-order valence-corrected chi connectivity index (χ1v) is 7.44. The topological polar surface area (TPSA) is 40.5 Å². The number of aliphatic hydroxyl groups is 2. The van der Waals surface area contributed by atoms with Gasteiger partial charge in [0.15, 0.2) is 0 Å². The van der Waals surface area contributed by atoms with Crippen LogP contribution in [0.2, 0.25) is 0 Å². The van der Waals surface area contributed by atoms with Gasteiger partial charge in [-0.2, -0.15) is 26.3 Å². The molecule has 0 aliphatic heterocycles. The fourth-order valence-corrected chi connectivity index (χ4v) is 2.64. The van der Waals surface area contributed by atoms with Crippen molar-refractivity contribution in [3.63, 3.8) is 0 Å². The van der Waals surface area contributed by atoms with Crippen molar-refractivity contribution in [2.24, 2.45) is 11.8 Å². The molecular weight excluding hydrogens is 314 g/mol. The molecule has 134 valence electrons. The summed E-state index contributed by atoms with van der Waals surface area (Å²) in [6.45, 7) is -0.375. The number of hydrogen-bond donors (Lipinski definition) is 2. The summed E-state index contributed by atoms with van der Waals surface area (Å²) in [4.78, 5) is 0. The number of hydrogen-bond acceptors (Lipinski definition) is 2. The third-order valence-corrected chi connectivity index (χ3v) is 3.62. The van der Waals surface area contributed by atoms with Crippen LogP contribution in [0.4, 0.5) is 26.3 Å². The van der Waals surface area contributed by atoms with Gasteiger partial charge in [-0.15, -0.1) is 0 Å². The van der Waals surface area contributed by atoms with Crippen molar-refractivity contribution in [2.75, 3.05) is 13.2 Å². The summed E-state index contributed by atoms with van der Waals surface area (Å²) in [5.41, 5.74) is 0. The van der Waals surface area contributed by atoms with E-state index >= 15 is 0 Å². The Balaban J connectivity index is 4.87. The van der Waals surface area contributed by atoms with Gasteiger partial charge in [-0.25, -0.2) is 0 Å². The van der Waals surface area contributed by atoms with E-state index in [4.69, 9.17) is 10.2 Å². The molecule has 0 saturated carbocycles. The van der Waals surface area contributed by atoms with Crippen molar-refractivity contribution < 1.29 is 36.6 Å². The fraction of sp³-hybridized carbons (Fsp3) is 1.00. The Bertz CT molecular complexity index is 249. The molecule has 0 saturated heterocycles. The highest BCUT2D eigenvalue weighted by Crippen LogP contribution is 2.39. The van der Waals surface area contributed by atoms with Crippen LogP contribution in [0, 0.1) is 11.8 Å². The minimum absolute atomic E-state index is 0.0138. The van der Waals surface area contributed by atoms with Crippen LogP contribution in [-0.4, -0.2) is 35.8 Å². The van der Waals surface area contributed by atoms with Crippen molar-refractivity contribution in [2.45, 2.75) is 63.7 Å². The average molecular weight is 338 g/mol. The molecule has 2 N–H and O–H groups in total. The molecule has 0 aromatic carbocycles. The van der Waals surface area contributed by atoms with Gasteiger partial charge in [0.1, 0.15) is 0 Å². The Kier molecular flexibility index (Phi) is 10.1. The first-order chi connectivity index (χ1) is 10.1. The largest absolute Gasteiger partial charge is 0.396 e. The van der Waals surface area contributed by atoms with Crippen molar-refractivity contribution in [1.29, 1.82) is 0 Å². The molecule has 0 aromatic heterocycles. The Morgan fingerprint density at radius 2 is 0.909 bits per heavy atom. The van der Waals surface area contributed by atoms with Gasteiger partial charge in [-0.05, 0) is 37.5 Å². The third-order valence-electron chi connectivity index (χ3n) is 3.62. The van der Waals surface area contributed by atoms with E-state index < -0.39 is 37.0 Å². The van der Waals surface area contributed by atoms with E-state index in [1.165, 1.54) is 0 Å². The molecule has 2 unspecified atom stereocenters. The molecule has 2 atom stereocenters. The highest BCUT2D eigenvalue weighted by atomic mass is 19.4. The summed E-state index contributed by atoms with van der Waals surface area (Å²) < 4.78 is 75.8. The number of unbranched alkanes of at least 4 members (excludes halogenated alkanes) is 2. The number of alkyl halides is 6. The van der Waals surface area contributed by atoms with Gasteiger partial charge in [0.2, 0.25) is 0 Å². The average Bonchev–Trinajstić information content (AvgIpc) is 2.34. The summed E-state index contributed by atoms with van der Waals surface area (Å²) in [7, 11) is 0. The molecule has 0 amide bonds. The SMILES string of the molecule is OCCCCC(CC(F)(F)F)C(CCCCO)CC(F)(F)F. The van der Waals surface area contributed by atoms with Gasteiger partial charge in [0.05, 0.1) is 0 Å². The maximum Gasteiger partial charge on any atom is 0.389 e. The van der Waals surface area contributed by atoms with Gasteiger partial charge >= 0.3 is 12.4 Å². The first kappa shape index (κ1) is 21.5. The lowest BCUT2D eigenvalue weighted by Crippen LogP contribution is -2.27. The van der Waals surface area contributed by atoms with Crippen molar-refractivity contribution in [3.05, 3.63) is 0 Å². The number of halogens is 6. The summed E-state index contributed by atoms with van der Waals surface area (Å²) in [5.74, 6) is -2.21. The first-order valence-electron chi connectivity index (χ1n) is 7.44. The molecule has 2 nitrogen and oxygen atoms in total. The van der Waals surface area contributed by atoms with Crippen LogP contribution in [0.5, 0.6) is 0 Å². The highest BCUT2D eigenvalue weighted by Gasteiger charge is 2.40. The fourth-order valence-electron chi connectivity index (χ4n) is 2.64. The van der Waals surface area contributed by atoms with Gasteiger partial charge < -0.3 is 10.2 Å². The van der Waals surface area contributed by atoms with Crippen LogP contribution in [-0.2, 0) is 0 Å². The smallest absolute Gasteiger partial charge is 0.389 e. The molecule has 0 aromatic rings. The molecule has 0 rings (SSSR count). The van der Waals surface area contributed by atoms with Crippen LogP contribution < -0.4 is 0 Å². The zero-order valence-corrected chi connectivity index (χ0v) is 12.4. The second-order valence-electron chi connectivity index (χ2n) is 5.60. The van der Waals surface area contributed by atoms with Crippen molar-refractivity contribution in [1.82, 2.24) is 0 Å². The molecule has 22 heavy (non-hydrogen) atoms. The monoisotopic (exact) mass is 338 g/mol. The molecule has 0 aliphatic rings. The van der Waals surface area contributed by atoms with E-state index in [0.29, 0.717) is 0 Å². The quantitative estimate of drug-likeness (QED) is 0.432. The lowest BCUT2D eigenvalue weighted by atomic mass is 9.80. The maximum atomic E-state index is 12.6. The van der Waals surface area contributed by atoms with E-state index in [0.717, 1.165) is 0 Å². The minimum atomic E-state index is -4.51. The Morgan fingerprint density at radius 1 is 0.591 bits per heavy atom. The molecule has 0 fully saturated rings. The lowest BCUT2D eigenvalue weighted by Gasteiger charge is -2.29. The minimum Gasteiger partial charge on any atom is -0.396 e. The van der Waals surface area contributed by atoms with Gasteiger partial charge in [-0.1, -0.05) is 12.8 Å². The Labute approximate surface area is 126 Å². The maximum absolute atomic E-state index is 12.6. The molecule has 8 heteroatoms. The van der Waals surface area contributed by atoms with Crippen LogP contribution in [0.3, 0.4) is 0 Å². The molecule has 0 aliphatic carbocycles. The second kappa shape index (κ2) is 10.3. The van der Waals surface area contributed by atoms with E-state index in [9.17, 15) is 26.3 Å². The predicted octanol–water partition coefficient (Wildman–Crippen LogP) is 4.45. The normalized spacial score (nSPS) is 15.8. The van der Waals surface area contributed by atoms with Crippen LogP contribution in [0.1, 0.15) is 51.4 Å². The standard InChI is InChI=1S/C14H24F6O2/c15-13(16,17)9-11(5-1-3-7-21)12(6-2-4-8-22)10-14(18,19)20/h11-12,21-22H,1-10H2. The molecule has 0 spiro atoms. The van der Waals surface area contributed by atoms with E-state index in [1.807, 2.05) is 0 Å². The van der Waals surface area contributed by atoms with Crippen LogP contribution in [0.25, 0.3) is 0 Å². The Morgan fingerprint density at radius 3 is 1.14 bits per heavy atom. The zero-order chi connectivity index (χ0) is 17.2. The van der Waals surface area contributed by atoms with Crippen molar-refractivity contribution in [3.8, 4) is 0 Å².